The van der Waals surface area contributed by atoms with E-state index in [0.29, 0.717) is 0 Å². The molecule has 1 unspecified atom stereocenters. The first-order valence-corrected chi connectivity index (χ1v) is 10.9. The van der Waals surface area contributed by atoms with Crippen molar-refractivity contribution in [2.45, 2.75) is 45.2 Å². The van der Waals surface area contributed by atoms with Crippen molar-refractivity contribution in [3.63, 3.8) is 0 Å². The fourth-order valence-electron chi connectivity index (χ4n) is 4.31. The first-order valence-electron chi connectivity index (χ1n) is 10.9. The van der Waals surface area contributed by atoms with Crippen LogP contribution in [0.15, 0.2) is 29.3 Å². The van der Waals surface area contributed by atoms with Crippen LogP contribution in [0.2, 0.25) is 0 Å². The van der Waals surface area contributed by atoms with Gasteiger partial charge in [0.1, 0.15) is 0 Å². The van der Waals surface area contributed by atoms with E-state index in [1.54, 1.807) is 0 Å². The molecule has 29 heavy (non-hydrogen) atoms. The molecular formula is C22H38IN5O. The number of nitrogens with one attached hydrogen (secondary N) is 2. The van der Waals surface area contributed by atoms with E-state index in [2.05, 4.69) is 56.6 Å². The number of rotatable bonds is 7. The van der Waals surface area contributed by atoms with Gasteiger partial charge in [0.05, 0.1) is 13.2 Å². The number of morpholine rings is 1. The number of anilines is 1. The van der Waals surface area contributed by atoms with Crippen LogP contribution in [0, 0.1) is 0 Å². The standard InChI is InChI=1S/C22H37N5O.HI/c1-3-20-9-6-7-12-26(20)13-11-24-22(23-2)25-18-19-8-4-5-10-21(19)27-14-16-28-17-15-27;/h4-5,8,10,20H,3,6-7,9,11-18H2,1-2H3,(H2,23,24,25);1H. The molecule has 2 N–H and O–H groups in total. The second kappa shape index (κ2) is 13.3. The Morgan fingerprint density at radius 3 is 2.69 bits per heavy atom. The van der Waals surface area contributed by atoms with Crippen molar-refractivity contribution in [2.75, 3.05) is 57.9 Å². The molecule has 2 aliphatic heterocycles. The molecule has 0 radical (unpaired) electrons. The highest BCUT2D eigenvalue weighted by Gasteiger charge is 2.20. The third-order valence-electron chi connectivity index (χ3n) is 5.93. The van der Waals surface area contributed by atoms with Gasteiger partial charge in [-0.25, -0.2) is 0 Å². The van der Waals surface area contributed by atoms with Crippen LogP contribution in [0.4, 0.5) is 5.69 Å². The molecule has 2 aliphatic rings. The Bertz CT molecular complexity index is 621. The highest BCUT2D eigenvalue weighted by molar-refractivity contribution is 14.0. The Balaban J connectivity index is 0.00000300. The molecule has 0 saturated carbocycles. The maximum absolute atomic E-state index is 5.50. The lowest BCUT2D eigenvalue weighted by Crippen LogP contribution is -2.45. The molecule has 2 heterocycles. The molecule has 2 saturated heterocycles. The lowest BCUT2D eigenvalue weighted by molar-refractivity contribution is 0.122. The Morgan fingerprint density at radius 1 is 1.14 bits per heavy atom. The summed E-state index contributed by atoms with van der Waals surface area (Å²) in [5.74, 6) is 0.877. The summed E-state index contributed by atoms with van der Waals surface area (Å²) in [5.41, 5.74) is 2.60. The molecule has 0 bridgehead atoms. The average Bonchev–Trinajstić information content (AvgIpc) is 2.77. The number of benzene rings is 1. The highest BCUT2D eigenvalue weighted by Crippen LogP contribution is 2.21. The summed E-state index contributed by atoms with van der Waals surface area (Å²) in [4.78, 5) is 9.46. The minimum Gasteiger partial charge on any atom is -0.378 e. The quantitative estimate of drug-likeness (QED) is 0.332. The molecule has 0 amide bonds. The van der Waals surface area contributed by atoms with E-state index in [-0.39, 0.29) is 24.0 Å². The van der Waals surface area contributed by atoms with Crippen molar-refractivity contribution in [1.29, 1.82) is 0 Å². The van der Waals surface area contributed by atoms with E-state index >= 15 is 0 Å². The Kier molecular flexibility index (Phi) is 11.1. The summed E-state index contributed by atoms with van der Waals surface area (Å²) in [6, 6.07) is 9.39. The predicted octanol–water partition coefficient (Wildman–Crippen LogP) is 3.07. The molecule has 7 heteroatoms. The molecule has 3 rings (SSSR count). The third kappa shape index (κ3) is 7.29. The zero-order chi connectivity index (χ0) is 19.6. The Morgan fingerprint density at radius 2 is 1.93 bits per heavy atom. The summed E-state index contributed by atoms with van der Waals surface area (Å²) >= 11 is 0. The van der Waals surface area contributed by atoms with Gasteiger partial charge in [-0.2, -0.15) is 0 Å². The molecular weight excluding hydrogens is 477 g/mol. The van der Waals surface area contributed by atoms with Crippen LogP contribution < -0.4 is 15.5 Å². The number of ether oxygens (including phenoxy) is 1. The lowest BCUT2D eigenvalue weighted by atomic mass is 10.0. The van der Waals surface area contributed by atoms with Gasteiger partial charge in [-0.15, -0.1) is 24.0 Å². The largest absolute Gasteiger partial charge is 0.378 e. The van der Waals surface area contributed by atoms with Crippen molar-refractivity contribution in [3.8, 4) is 0 Å². The number of piperidine rings is 1. The normalized spacial score (nSPS) is 20.8. The van der Waals surface area contributed by atoms with Crippen LogP contribution in [0.5, 0.6) is 0 Å². The molecule has 0 spiro atoms. The minimum absolute atomic E-state index is 0. The van der Waals surface area contributed by atoms with E-state index in [1.165, 1.54) is 43.5 Å². The number of hydrogen-bond acceptors (Lipinski definition) is 4. The number of guanidine groups is 1. The predicted molar refractivity (Wildman–Crippen MR) is 133 cm³/mol. The third-order valence-corrected chi connectivity index (χ3v) is 5.93. The van der Waals surface area contributed by atoms with Crippen LogP contribution >= 0.6 is 24.0 Å². The molecule has 0 aliphatic carbocycles. The van der Waals surface area contributed by atoms with E-state index in [0.717, 1.165) is 57.9 Å². The van der Waals surface area contributed by atoms with Crippen molar-refractivity contribution in [2.24, 2.45) is 4.99 Å². The van der Waals surface area contributed by atoms with Gasteiger partial charge in [-0.05, 0) is 37.4 Å². The molecule has 164 valence electrons. The Hall–Kier alpha value is -1.06. The van der Waals surface area contributed by atoms with Gasteiger partial charge in [0.2, 0.25) is 0 Å². The number of hydrogen-bond donors (Lipinski definition) is 2. The number of halogens is 1. The molecule has 6 nitrogen and oxygen atoms in total. The lowest BCUT2D eigenvalue weighted by Gasteiger charge is -2.35. The molecule has 1 atom stereocenters. The van der Waals surface area contributed by atoms with Crippen molar-refractivity contribution < 1.29 is 4.74 Å². The monoisotopic (exact) mass is 515 g/mol. The topological polar surface area (TPSA) is 52.1 Å². The van der Waals surface area contributed by atoms with Gasteiger partial charge in [0, 0.05) is 51.5 Å². The van der Waals surface area contributed by atoms with E-state index in [9.17, 15) is 0 Å². The minimum atomic E-state index is 0. The summed E-state index contributed by atoms with van der Waals surface area (Å²) in [6.45, 7) is 9.86. The number of likely N-dealkylation sites (tertiary alicyclic amines) is 1. The van der Waals surface area contributed by atoms with Crippen molar-refractivity contribution >= 4 is 35.6 Å². The smallest absolute Gasteiger partial charge is 0.191 e. The maximum atomic E-state index is 5.50. The fourth-order valence-corrected chi connectivity index (χ4v) is 4.31. The number of para-hydroxylation sites is 1. The van der Waals surface area contributed by atoms with Gasteiger partial charge in [0.15, 0.2) is 5.96 Å². The van der Waals surface area contributed by atoms with E-state index < -0.39 is 0 Å². The van der Waals surface area contributed by atoms with Gasteiger partial charge >= 0.3 is 0 Å². The number of aliphatic imine (C=N–C) groups is 1. The summed E-state index contributed by atoms with van der Waals surface area (Å²) in [6.07, 6.45) is 5.32. The van der Waals surface area contributed by atoms with Gasteiger partial charge < -0.3 is 20.3 Å². The van der Waals surface area contributed by atoms with Crippen molar-refractivity contribution in [1.82, 2.24) is 15.5 Å². The molecule has 1 aromatic rings. The van der Waals surface area contributed by atoms with E-state index in [1.807, 2.05) is 7.05 Å². The van der Waals surface area contributed by atoms with Gasteiger partial charge in [-0.1, -0.05) is 31.5 Å². The summed E-state index contributed by atoms with van der Waals surface area (Å²) in [7, 11) is 1.85. The fraction of sp³-hybridized carbons (Fsp3) is 0.682. The van der Waals surface area contributed by atoms with Gasteiger partial charge in [0.25, 0.3) is 0 Å². The average molecular weight is 515 g/mol. The summed E-state index contributed by atoms with van der Waals surface area (Å²) < 4.78 is 5.50. The SMILES string of the molecule is CCC1CCCCN1CCNC(=NC)NCc1ccccc1N1CCOCC1.I. The van der Waals surface area contributed by atoms with Crippen LogP contribution in [-0.2, 0) is 11.3 Å². The first kappa shape index (κ1) is 24.2. The number of nitrogens with zero attached hydrogens (tertiary/aromatic N) is 3. The van der Waals surface area contributed by atoms with Crippen LogP contribution in [0.3, 0.4) is 0 Å². The van der Waals surface area contributed by atoms with Gasteiger partial charge in [-0.3, -0.25) is 9.89 Å². The second-order valence-electron chi connectivity index (χ2n) is 7.67. The summed E-state index contributed by atoms with van der Waals surface area (Å²) in [5, 5.41) is 6.98. The first-order chi connectivity index (χ1) is 13.8. The van der Waals surface area contributed by atoms with Crippen LogP contribution in [-0.4, -0.2) is 69.9 Å². The zero-order valence-electron chi connectivity index (χ0n) is 18.0. The maximum Gasteiger partial charge on any atom is 0.191 e. The van der Waals surface area contributed by atoms with E-state index in [4.69, 9.17) is 4.74 Å². The molecule has 1 aromatic carbocycles. The zero-order valence-corrected chi connectivity index (χ0v) is 20.4. The van der Waals surface area contributed by atoms with Crippen molar-refractivity contribution in [3.05, 3.63) is 29.8 Å². The Labute approximate surface area is 193 Å². The highest BCUT2D eigenvalue weighted by atomic mass is 127. The van der Waals surface area contributed by atoms with Crippen LogP contribution in [0.25, 0.3) is 0 Å². The molecule has 0 aromatic heterocycles. The van der Waals surface area contributed by atoms with Crippen LogP contribution in [0.1, 0.15) is 38.2 Å². The second-order valence-corrected chi connectivity index (χ2v) is 7.67. The molecule has 2 fully saturated rings.